The van der Waals surface area contributed by atoms with Gasteiger partial charge in [0.25, 0.3) is 0 Å². The van der Waals surface area contributed by atoms with Crippen LogP contribution < -0.4 is 0 Å². The zero-order valence-corrected chi connectivity index (χ0v) is 14.7. The molecule has 1 saturated heterocycles. The zero-order valence-electron chi connectivity index (χ0n) is 14.7. The van der Waals surface area contributed by atoms with Crippen LogP contribution in [0.15, 0.2) is 54.9 Å². The first-order valence-corrected chi connectivity index (χ1v) is 8.78. The third-order valence-corrected chi connectivity index (χ3v) is 5.06. The van der Waals surface area contributed by atoms with E-state index in [0.717, 1.165) is 24.3 Å². The summed E-state index contributed by atoms with van der Waals surface area (Å²) in [5.41, 5.74) is 2.11. The summed E-state index contributed by atoms with van der Waals surface area (Å²) < 4.78 is 1.88. The molecular weight excluding hydrogens is 328 g/mol. The van der Waals surface area contributed by atoms with E-state index in [1.54, 1.807) is 0 Å². The summed E-state index contributed by atoms with van der Waals surface area (Å²) >= 11 is 0. The fourth-order valence-corrected chi connectivity index (χ4v) is 3.50. The molecule has 1 atom stereocenters. The topological polar surface area (TPSA) is 61.6 Å². The highest BCUT2D eigenvalue weighted by atomic mass is 16.4. The minimum Gasteiger partial charge on any atom is -0.480 e. The summed E-state index contributed by atoms with van der Waals surface area (Å²) in [5.74, 6) is -0.760. The van der Waals surface area contributed by atoms with Crippen LogP contribution in [0.3, 0.4) is 0 Å². The fourth-order valence-electron chi connectivity index (χ4n) is 3.50. The van der Waals surface area contributed by atoms with Gasteiger partial charge >= 0.3 is 5.97 Å². The van der Waals surface area contributed by atoms with Crippen molar-refractivity contribution >= 4 is 16.7 Å². The Hall–Kier alpha value is -2.70. The summed E-state index contributed by atoms with van der Waals surface area (Å²) in [4.78, 5) is 15.5. The summed E-state index contributed by atoms with van der Waals surface area (Å²) in [6.45, 7) is 2.87. The maximum absolute atomic E-state index is 11.4. The number of hydrogen-bond donors (Lipinski definition) is 1. The van der Waals surface area contributed by atoms with Crippen LogP contribution in [0.5, 0.6) is 0 Å². The summed E-state index contributed by atoms with van der Waals surface area (Å²) in [6, 6.07) is 14.1. The van der Waals surface area contributed by atoms with Gasteiger partial charge in [0.15, 0.2) is 0 Å². The molecule has 0 spiro atoms. The number of hydrogen-bond acceptors (Lipinski definition) is 4. The molecule has 134 valence electrons. The highest BCUT2D eigenvalue weighted by molar-refractivity contribution is 5.84. The minimum absolute atomic E-state index is 0.445. The molecule has 1 unspecified atom stereocenters. The van der Waals surface area contributed by atoms with Crippen LogP contribution in [0, 0.1) is 0 Å². The highest BCUT2D eigenvalue weighted by Gasteiger charge is 2.29. The Kier molecular flexibility index (Phi) is 4.44. The quantitative estimate of drug-likeness (QED) is 0.782. The Morgan fingerprint density at radius 1 is 1.19 bits per heavy atom. The average molecular weight is 350 g/mol. The van der Waals surface area contributed by atoms with Crippen molar-refractivity contribution in [3.8, 4) is 5.69 Å². The van der Waals surface area contributed by atoms with E-state index in [4.69, 9.17) is 0 Å². The standard InChI is InChI=1S/C20H22N4O2/c1-22-8-9-23(14-19(22)20(25)26)12-15-11-21-24(13-15)18-7-6-16-4-2-3-5-17(16)10-18/h2-7,10-11,13,19H,8-9,12,14H2,1H3,(H,25,26). The van der Waals surface area contributed by atoms with Gasteiger partial charge in [-0.15, -0.1) is 0 Å². The first-order valence-electron chi connectivity index (χ1n) is 8.78. The van der Waals surface area contributed by atoms with Gasteiger partial charge in [-0.25, -0.2) is 4.68 Å². The van der Waals surface area contributed by atoms with Crippen molar-refractivity contribution in [3.05, 3.63) is 60.4 Å². The second-order valence-electron chi connectivity index (χ2n) is 6.89. The Labute approximate surface area is 152 Å². The summed E-state index contributed by atoms with van der Waals surface area (Å²) in [6.07, 6.45) is 3.89. The van der Waals surface area contributed by atoms with E-state index in [9.17, 15) is 9.90 Å². The van der Waals surface area contributed by atoms with E-state index in [0.29, 0.717) is 13.1 Å². The molecular formula is C20H22N4O2. The van der Waals surface area contributed by atoms with Gasteiger partial charge in [-0.1, -0.05) is 30.3 Å². The number of carboxylic acids is 1. The van der Waals surface area contributed by atoms with Crippen LogP contribution in [0.1, 0.15) is 5.56 Å². The second kappa shape index (κ2) is 6.90. The number of nitrogens with zero attached hydrogens (tertiary/aromatic N) is 4. The van der Waals surface area contributed by atoms with Gasteiger partial charge in [0.05, 0.1) is 11.9 Å². The molecule has 26 heavy (non-hydrogen) atoms. The van der Waals surface area contributed by atoms with Gasteiger partial charge in [0.1, 0.15) is 6.04 Å². The third kappa shape index (κ3) is 3.34. The fraction of sp³-hybridized carbons (Fsp3) is 0.300. The molecule has 0 bridgehead atoms. The molecule has 6 heteroatoms. The maximum Gasteiger partial charge on any atom is 0.322 e. The van der Waals surface area contributed by atoms with Crippen LogP contribution in [-0.2, 0) is 11.3 Å². The van der Waals surface area contributed by atoms with Crippen molar-refractivity contribution < 1.29 is 9.90 Å². The molecule has 2 aromatic carbocycles. The van der Waals surface area contributed by atoms with Gasteiger partial charge in [-0.2, -0.15) is 5.10 Å². The molecule has 0 amide bonds. The largest absolute Gasteiger partial charge is 0.480 e. The van der Waals surface area contributed by atoms with Crippen molar-refractivity contribution in [1.82, 2.24) is 19.6 Å². The Morgan fingerprint density at radius 2 is 2.00 bits per heavy atom. The molecule has 1 N–H and O–H groups in total. The predicted octanol–water partition coefficient (Wildman–Crippen LogP) is 2.23. The number of rotatable bonds is 4. The van der Waals surface area contributed by atoms with Gasteiger partial charge in [0.2, 0.25) is 0 Å². The second-order valence-corrected chi connectivity index (χ2v) is 6.89. The van der Waals surface area contributed by atoms with E-state index in [2.05, 4.69) is 40.3 Å². The van der Waals surface area contributed by atoms with Gasteiger partial charge in [-0.05, 0) is 30.0 Å². The molecule has 4 rings (SSSR count). The lowest BCUT2D eigenvalue weighted by atomic mass is 10.1. The SMILES string of the molecule is CN1CCN(Cc2cnn(-c3ccc4ccccc4c3)c2)CC1C(=O)O. The number of carbonyl (C=O) groups is 1. The lowest BCUT2D eigenvalue weighted by molar-refractivity contribution is -0.145. The molecule has 3 aromatic rings. The first kappa shape index (κ1) is 16.8. The monoisotopic (exact) mass is 350 g/mol. The third-order valence-electron chi connectivity index (χ3n) is 5.06. The van der Waals surface area contributed by atoms with E-state index >= 15 is 0 Å². The normalized spacial score (nSPS) is 19.0. The average Bonchev–Trinajstić information content (AvgIpc) is 3.11. The van der Waals surface area contributed by atoms with Crippen LogP contribution in [0.25, 0.3) is 16.5 Å². The first-order chi connectivity index (χ1) is 12.6. The summed E-state index contributed by atoms with van der Waals surface area (Å²) in [5, 5.41) is 16.2. The number of fused-ring (bicyclic) bond motifs is 1. The van der Waals surface area contributed by atoms with E-state index in [-0.39, 0.29) is 0 Å². The molecule has 0 saturated carbocycles. The van der Waals surface area contributed by atoms with E-state index in [1.807, 2.05) is 41.2 Å². The number of likely N-dealkylation sites (N-methyl/N-ethyl adjacent to an activating group) is 1. The highest BCUT2D eigenvalue weighted by Crippen LogP contribution is 2.19. The number of aliphatic carboxylic acids is 1. The number of aromatic nitrogens is 2. The van der Waals surface area contributed by atoms with Crippen molar-refractivity contribution in [1.29, 1.82) is 0 Å². The number of benzene rings is 2. The van der Waals surface area contributed by atoms with Gasteiger partial charge < -0.3 is 5.11 Å². The minimum atomic E-state index is -0.760. The lowest BCUT2D eigenvalue weighted by Crippen LogP contribution is -2.54. The van der Waals surface area contributed by atoms with Crippen LogP contribution in [0.4, 0.5) is 0 Å². The molecule has 1 aromatic heterocycles. The number of carboxylic acid groups (broad SMARTS) is 1. The molecule has 6 nitrogen and oxygen atoms in total. The van der Waals surface area contributed by atoms with Crippen molar-refractivity contribution in [2.75, 3.05) is 26.7 Å². The molecule has 1 aliphatic heterocycles. The van der Waals surface area contributed by atoms with Gasteiger partial charge in [-0.3, -0.25) is 14.6 Å². The van der Waals surface area contributed by atoms with E-state index in [1.165, 1.54) is 10.8 Å². The smallest absolute Gasteiger partial charge is 0.322 e. The molecule has 2 heterocycles. The predicted molar refractivity (Wildman–Crippen MR) is 100 cm³/mol. The van der Waals surface area contributed by atoms with Crippen molar-refractivity contribution in [3.63, 3.8) is 0 Å². The van der Waals surface area contributed by atoms with Crippen molar-refractivity contribution in [2.24, 2.45) is 0 Å². The van der Waals surface area contributed by atoms with Crippen LogP contribution in [-0.4, -0.2) is 63.4 Å². The molecule has 0 aliphatic carbocycles. The Balaban J connectivity index is 1.50. The molecule has 1 aliphatic rings. The molecule has 1 fully saturated rings. The molecule has 0 radical (unpaired) electrons. The van der Waals surface area contributed by atoms with Gasteiger partial charge in [0, 0.05) is 37.9 Å². The summed E-state index contributed by atoms with van der Waals surface area (Å²) in [7, 11) is 1.87. The Morgan fingerprint density at radius 3 is 2.81 bits per heavy atom. The van der Waals surface area contributed by atoms with Crippen LogP contribution in [0.2, 0.25) is 0 Å². The van der Waals surface area contributed by atoms with Crippen molar-refractivity contribution in [2.45, 2.75) is 12.6 Å². The maximum atomic E-state index is 11.4. The lowest BCUT2D eigenvalue weighted by Gasteiger charge is -2.36. The van der Waals surface area contributed by atoms with E-state index < -0.39 is 12.0 Å². The Bertz CT molecular complexity index is 936. The van der Waals surface area contributed by atoms with Crippen LogP contribution >= 0.6 is 0 Å². The zero-order chi connectivity index (χ0) is 18.1. The number of piperazine rings is 1.